The summed E-state index contributed by atoms with van der Waals surface area (Å²) < 4.78 is 5.13. The molecule has 1 aliphatic heterocycles. The van der Waals surface area contributed by atoms with E-state index in [0.29, 0.717) is 44.5 Å². The number of amides is 7. The van der Waals surface area contributed by atoms with Gasteiger partial charge in [0, 0.05) is 38.7 Å². The van der Waals surface area contributed by atoms with Crippen molar-refractivity contribution in [2.75, 3.05) is 25.5 Å². The third-order valence-corrected chi connectivity index (χ3v) is 9.41. The van der Waals surface area contributed by atoms with Gasteiger partial charge in [0.15, 0.2) is 0 Å². The number of anilines is 1. The molecule has 1 fully saturated rings. The maximum atomic E-state index is 13.4. The fraction of sp³-hybridized carbons (Fsp3) is 0.676. The van der Waals surface area contributed by atoms with E-state index in [9.17, 15) is 28.8 Å². The number of methoxy groups -OCH3 is 1. The van der Waals surface area contributed by atoms with Crippen molar-refractivity contribution in [3.63, 3.8) is 0 Å². The van der Waals surface area contributed by atoms with E-state index in [2.05, 4.69) is 42.0 Å². The summed E-state index contributed by atoms with van der Waals surface area (Å²) in [6.45, 7) is 11.0. The Balaban J connectivity index is 1.92. The van der Waals surface area contributed by atoms with Gasteiger partial charge in [-0.15, -0.1) is 0 Å². The lowest BCUT2D eigenvalue weighted by atomic mass is 9.70. The van der Waals surface area contributed by atoms with Crippen molar-refractivity contribution in [2.24, 2.45) is 23.0 Å². The van der Waals surface area contributed by atoms with Crippen molar-refractivity contribution in [2.45, 2.75) is 124 Å². The largest absolute Gasteiger partial charge is 0.380 e. The summed E-state index contributed by atoms with van der Waals surface area (Å²) in [6.07, 6.45) is 6.56. The number of imide groups is 1. The third-order valence-electron chi connectivity index (χ3n) is 9.41. The molecule has 13 heteroatoms. The molecule has 0 saturated carbocycles. The first-order chi connectivity index (χ1) is 23.8. The molecule has 280 valence electrons. The number of unbranched alkanes of at least 4 members (excludes halogenated alkanes) is 2. The van der Waals surface area contributed by atoms with E-state index in [4.69, 9.17) is 10.5 Å². The predicted octanol–water partition coefficient (Wildman–Crippen LogP) is 4.39. The molecular formula is C37H60N6O7. The van der Waals surface area contributed by atoms with Gasteiger partial charge in [0.2, 0.25) is 29.5 Å². The van der Waals surface area contributed by atoms with Crippen molar-refractivity contribution in [3.8, 4) is 0 Å². The molecule has 1 aromatic carbocycles. The number of nitrogens with two attached hydrogens (primary N) is 1. The molecule has 1 saturated heterocycles. The van der Waals surface area contributed by atoms with Crippen molar-refractivity contribution < 1.29 is 33.5 Å². The van der Waals surface area contributed by atoms with Crippen LogP contribution in [0.4, 0.5) is 10.5 Å². The third kappa shape index (κ3) is 13.4. The number of urea groups is 1. The zero-order chi connectivity index (χ0) is 37.3. The van der Waals surface area contributed by atoms with Crippen LogP contribution in [0.3, 0.4) is 0 Å². The number of rotatable bonds is 23. The Morgan fingerprint density at radius 1 is 0.960 bits per heavy atom. The molecule has 2 unspecified atom stereocenters. The minimum absolute atomic E-state index is 0.0703. The SMILES string of the molecule is CCCC(C)(CCC)C1CC(=O)N(CCCCCC(=O)NC(C(=O)N[C@@H](CCCNC(N)=O)C(=O)Nc2ccc(COC)cc2)C(C)C)C1=O. The molecule has 3 atom stereocenters. The maximum Gasteiger partial charge on any atom is 0.312 e. The first kappa shape index (κ1) is 42.2. The van der Waals surface area contributed by atoms with Gasteiger partial charge >= 0.3 is 6.03 Å². The highest BCUT2D eigenvalue weighted by molar-refractivity contribution is 6.04. The van der Waals surface area contributed by atoms with Gasteiger partial charge in [0.05, 0.1) is 12.5 Å². The lowest BCUT2D eigenvalue weighted by Gasteiger charge is -2.34. The summed E-state index contributed by atoms with van der Waals surface area (Å²) in [5, 5.41) is 10.9. The predicted molar refractivity (Wildman–Crippen MR) is 193 cm³/mol. The second-order valence-electron chi connectivity index (χ2n) is 14.0. The molecule has 2 rings (SSSR count). The average Bonchev–Trinajstić information content (AvgIpc) is 3.35. The van der Waals surface area contributed by atoms with Gasteiger partial charge in [-0.05, 0) is 67.6 Å². The standard InChI is InChI=1S/C37H60N6O7/c1-7-19-37(5,20-8-2)28-23-31(45)43(35(28)48)22-11-9-10-14-30(44)42-32(25(3)4)34(47)41-29(13-12-21-39-36(38)49)33(46)40-27-17-15-26(16-18-27)24-50-6/h15-18,25,28-29,32H,7-14,19-24H2,1-6H3,(H,40,46)(H,41,47)(H,42,44)(H3,38,39,49)/t28?,29-,32?/m0/s1. The number of carbonyl (C=O) groups is 6. The van der Waals surface area contributed by atoms with E-state index in [1.165, 1.54) is 4.90 Å². The maximum absolute atomic E-state index is 13.4. The Bertz CT molecular complexity index is 1280. The number of carbonyl (C=O) groups excluding carboxylic acids is 6. The van der Waals surface area contributed by atoms with Crippen LogP contribution in [0.15, 0.2) is 24.3 Å². The Hall–Kier alpha value is -4.00. The molecule has 13 nitrogen and oxygen atoms in total. The van der Waals surface area contributed by atoms with E-state index in [0.717, 1.165) is 31.2 Å². The highest BCUT2D eigenvalue weighted by atomic mass is 16.5. The first-order valence-corrected chi connectivity index (χ1v) is 18.1. The summed E-state index contributed by atoms with van der Waals surface area (Å²) >= 11 is 0. The molecule has 50 heavy (non-hydrogen) atoms. The lowest BCUT2D eigenvalue weighted by molar-refractivity contribution is -0.141. The number of benzene rings is 1. The molecule has 1 heterocycles. The summed E-state index contributed by atoms with van der Waals surface area (Å²) in [4.78, 5) is 78.1. The molecule has 0 aliphatic carbocycles. The number of hydrogen-bond acceptors (Lipinski definition) is 7. The van der Waals surface area contributed by atoms with Crippen LogP contribution < -0.4 is 27.0 Å². The number of nitrogens with zero attached hydrogens (tertiary/aromatic N) is 1. The number of ether oxygens (including phenoxy) is 1. The molecule has 7 amide bonds. The summed E-state index contributed by atoms with van der Waals surface area (Å²) in [5.74, 6) is -1.95. The monoisotopic (exact) mass is 700 g/mol. The van der Waals surface area contributed by atoms with Crippen LogP contribution in [-0.2, 0) is 35.3 Å². The highest BCUT2D eigenvalue weighted by Crippen LogP contribution is 2.43. The van der Waals surface area contributed by atoms with Crippen molar-refractivity contribution in [1.82, 2.24) is 20.9 Å². The van der Waals surface area contributed by atoms with Gasteiger partial charge in [0.1, 0.15) is 12.1 Å². The fourth-order valence-electron chi connectivity index (χ4n) is 6.72. The van der Waals surface area contributed by atoms with Crippen LogP contribution in [0.5, 0.6) is 0 Å². The second-order valence-corrected chi connectivity index (χ2v) is 14.0. The zero-order valence-electron chi connectivity index (χ0n) is 30.9. The quantitative estimate of drug-likeness (QED) is 0.0827. The van der Waals surface area contributed by atoms with E-state index in [-0.39, 0.29) is 60.8 Å². The zero-order valence-corrected chi connectivity index (χ0v) is 30.9. The molecule has 0 bridgehead atoms. The van der Waals surface area contributed by atoms with Gasteiger partial charge < -0.3 is 31.7 Å². The highest BCUT2D eigenvalue weighted by Gasteiger charge is 2.47. The number of hydrogen-bond donors (Lipinski definition) is 5. The minimum atomic E-state index is -0.939. The number of primary amides is 1. The van der Waals surface area contributed by atoms with E-state index >= 15 is 0 Å². The van der Waals surface area contributed by atoms with Gasteiger partial charge in [-0.25, -0.2) is 4.79 Å². The van der Waals surface area contributed by atoms with Crippen LogP contribution in [-0.4, -0.2) is 72.7 Å². The molecule has 1 aliphatic rings. The fourth-order valence-corrected chi connectivity index (χ4v) is 6.72. The summed E-state index contributed by atoms with van der Waals surface area (Å²) in [5.41, 5.74) is 6.46. The van der Waals surface area contributed by atoms with Gasteiger partial charge in [-0.3, -0.25) is 28.9 Å². The van der Waals surface area contributed by atoms with Crippen molar-refractivity contribution >= 4 is 41.3 Å². The molecule has 0 spiro atoms. The Kier molecular flexibility index (Phi) is 17.9. The van der Waals surface area contributed by atoms with Crippen LogP contribution in [0.1, 0.15) is 111 Å². The van der Waals surface area contributed by atoms with Gasteiger partial charge in [0.25, 0.3) is 0 Å². The topological polar surface area (TPSA) is 189 Å². The number of nitrogens with one attached hydrogen (secondary N) is 4. The first-order valence-electron chi connectivity index (χ1n) is 18.1. The Morgan fingerprint density at radius 2 is 1.62 bits per heavy atom. The van der Waals surface area contributed by atoms with E-state index in [1.807, 2.05) is 12.1 Å². The van der Waals surface area contributed by atoms with Gasteiger partial charge in [-0.1, -0.05) is 66.0 Å². The summed E-state index contributed by atoms with van der Waals surface area (Å²) in [7, 11) is 1.60. The van der Waals surface area contributed by atoms with E-state index < -0.39 is 29.9 Å². The molecule has 0 radical (unpaired) electrons. The molecule has 1 aromatic rings. The van der Waals surface area contributed by atoms with Crippen LogP contribution >= 0.6 is 0 Å². The van der Waals surface area contributed by atoms with Crippen LogP contribution in [0.2, 0.25) is 0 Å². The normalized spacial score (nSPS) is 15.9. The molecule has 0 aromatic heterocycles. The van der Waals surface area contributed by atoms with Crippen LogP contribution in [0, 0.1) is 17.3 Å². The van der Waals surface area contributed by atoms with Gasteiger partial charge in [-0.2, -0.15) is 0 Å². The molecular weight excluding hydrogens is 640 g/mol. The second kappa shape index (κ2) is 21.3. The van der Waals surface area contributed by atoms with Crippen LogP contribution in [0.25, 0.3) is 0 Å². The Morgan fingerprint density at radius 3 is 2.20 bits per heavy atom. The molecule has 6 N–H and O–H groups in total. The summed E-state index contributed by atoms with van der Waals surface area (Å²) in [6, 6.07) is 4.63. The lowest BCUT2D eigenvalue weighted by Crippen LogP contribution is -2.54. The van der Waals surface area contributed by atoms with Crippen molar-refractivity contribution in [1.29, 1.82) is 0 Å². The van der Waals surface area contributed by atoms with E-state index in [1.54, 1.807) is 33.1 Å². The van der Waals surface area contributed by atoms with Crippen molar-refractivity contribution in [3.05, 3.63) is 29.8 Å². The Labute approximate surface area is 297 Å². The number of likely N-dealkylation sites (tertiary alicyclic amines) is 1. The minimum Gasteiger partial charge on any atom is -0.380 e. The average molecular weight is 701 g/mol. The smallest absolute Gasteiger partial charge is 0.312 e.